The van der Waals surface area contributed by atoms with Crippen molar-refractivity contribution < 1.29 is 14.6 Å². The van der Waals surface area contributed by atoms with Gasteiger partial charge in [-0.2, -0.15) is 0 Å². The number of hydrogen-bond donors (Lipinski definition) is 2. The number of fused-ring (bicyclic) bond motifs is 1. The van der Waals surface area contributed by atoms with Crippen LogP contribution in [0.25, 0.3) is 22.3 Å². The Balaban J connectivity index is 2.20. The Morgan fingerprint density at radius 2 is 1.72 bits per heavy atom. The first-order valence-corrected chi connectivity index (χ1v) is 8.08. The molecule has 0 saturated carbocycles. The van der Waals surface area contributed by atoms with Crippen molar-refractivity contribution in [2.45, 2.75) is 0 Å². The Hall–Kier alpha value is -2.57. The molecule has 2 aromatic carbocycles. The van der Waals surface area contributed by atoms with Crippen LogP contribution in [0.1, 0.15) is 0 Å². The Labute approximate surface area is 150 Å². The van der Waals surface area contributed by atoms with E-state index in [1.807, 2.05) is 18.2 Å². The lowest BCUT2D eigenvalue weighted by molar-refractivity contribution is 0.311. The zero-order valence-corrected chi connectivity index (χ0v) is 14.7. The topological polar surface area (TPSA) is 76.5 Å². The first-order valence-electron chi connectivity index (χ1n) is 7.70. The number of benzene rings is 2. The zero-order chi connectivity index (χ0) is 17.8. The zero-order valence-electron chi connectivity index (χ0n) is 13.9. The van der Waals surface area contributed by atoms with Crippen LogP contribution in [0.4, 0.5) is 5.82 Å². The molecule has 1 aromatic heterocycles. The Bertz CT molecular complexity index is 885. The maximum absolute atomic E-state index is 9.13. The summed E-state index contributed by atoms with van der Waals surface area (Å²) in [5.74, 6) is 2.34. The van der Waals surface area contributed by atoms with E-state index in [1.54, 1.807) is 32.4 Å². The quantitative estimate of drug-likeness (QED) is 0.702. The monoisotopic (exact) mass is 359 g/mol. The molecule has 0 unspecified atom stereocenters. The third-order valence-corrected chi connectivity index (χ3v) is 3.96. The minimum absolute atomic E-state index is 0.00490. The van der Waals surface area contributed by atoms with Crippen molar-refractivity contribution in [3.05, 3.63) is 41.4 Å². The van der Waals surface area contributed by atoms with Gasteiger partial charge >= 0.3 is 0 Å². The summed E-state index contributed by atoms with van der Waals surface area (Å²) in [7, 11) is 3.16. The predicted octanol–water partition coefficient (Wildman–Crippen LogP) is 3.37. The summed E-state index contributed by atoms with van der Waals surface area (Å²) in [6.45, 7) is 0.371. The molecular formula is C18H18ClN3O3. The van der Waals surface area contributed by atoms with Crippen LogP contribution in [-0.2, 0) is 0 Å². The molecule has 7 heteroatoms. The lowest BCUT2D eigenvalue weighted by Crippen LogP contribution is -2.09. The maximum atomic E-state index is 9.13. The molecule has 1 heterocycles. The van der Waals surface area contributed by atoms with Gasteiger partial charge in [0.15, 0.2) is 17.3 Å². The van der Waals surface area contributed by atoms with Crippen LogP contribution >= 0.6 is 11.6 Å². The van der Waals surface area contributed by atoms with E-state index in [4.69, 9.17) is 26.2 Å². The minimum Gasteiger partial charge on any atom is -0.493 e. The molecule has 0 amide bonds. The number of aromatic nitrogens is 2. The van der Waals surface area contributed by atoms with E-state index in [2.05, 4.69) is 15.3 Å². The molecule has 0 saturated heterocycles. The van der Waals surface area contributed by atoms with E-state index in [0.29, 0.717) is 40.2 Å². The van der Waals surface area contributed by atoms with Gasteiger partial charge in [0.2, 0.25) is 0 Å². The Morgan fingerprint density at radius 3 is 2.36 bits per heavy atom. The second-order valence-electron chi connectivity index (χ2n) is 5.28. The van der Waals surface area contributed by atoms with Gasteiger partial charge in [0.1, 0.15) is 5.82 Å². The maximum Gasteiger partial charge on any atom is 0.162 e. The van der Waals surface area contributed by atoms with Crippen LogP contribution < -0.4 is 14.8 Å². The molecule has 0 aliphatic rings. The average molecular weight is 360 g/mol. The van der Waals surface area contributed by atoms with Crippen LogP contribution in [0.5, 0.6) is 11.5 Å². The average Bonchev–Trinajstić information content (AvgIpc) is 2.65. The van der Waals surface area contributed by atoms with Crippen LogP contribution in [0.15, 0.2) is 36.4 Å². The summed E-state index contributed by atoms with van der Waals surface area (Å²) in [5.41, 5.74) is 1.55. The van der Waals surface area contributed by atoms with E-state index in [9.17, 15) is 0 Å². The summed E-state index contributed by atoms with van der Waals surface area (Å²) in [6.07, 6.45) is 0. The number of nitrogens with zero attached hydrogens (tertiary/aromatic N) is 2. The Morgan fingerprint density at radius 1 is 1.04 bits per heavy atom. The molecule has 130 valence electrons. The van der Waals surface area contributed by atoms with Gasteiger partial charge in [-0.1, -0.05) is 11.6 Å². The van der Waals surface area contributed by atoms with E-state index in [1.165, 1.54) is 0 Å². The summed E-state index contributed by atoms with van der Waals surface area (Å²) < 4.78 is 10.7. The fraction of sp³-hybridized carbons (Fsp3) is 0.222. The van der Waals surface area contributed by atoms with Gasteiger partial charge in [0, 0.05) is 28.6 Å². The number of anilines is 1. The predicted molar refractivity (Wildman–Crippen MR) is 98.7 cm³/mol. The largest absolute Gasteiger partial charge is 0.493 e. The van der Waals surface area contributed by atoms with Gasteiger partial charge in [0.25, 0.3) is 0 Å². The minimum atomic E-state index is -0.00490. The van der Waals surface area contributed by atoms with Crippen molar-refractivity contribution in [1.82, 2.24) is 9.97 Å². The standard InChI is InChI=1S/C18H18ClN3O3/c1-24-15-9-13-14(10-16(15)25-2)21-17(22-18(13)20-7-8-23)11-3-5-12(19)6-4-11/h3-6,9-10,23H,7-8H2,1-2H3,(H,20,21,22). The number of halogens is 1. The highest BCUT2D eigenvalue weighted by Crippen LogP contribution is 2.35. The Kier molecular flexibility index (Phi) is 5.21. The van der Waals surface area contributed by atoms with E-state index in [-0.39, 0.29) is 6.61 Å². The number of hydrogen-bond acceptors (Lipinski definition) is 6. The van der Waals surface area contributed by atoms with Crippen molar-refractivity contribution in [3.63, 3.8) is 0 Å². The van der Waals surface area contributed by atoms with Crippen LogP contribution in [0, 0.1) is 0 Å². The molecule has 0 aliphatic heterocycles. The number of methoxy groups -OCH3 is 2. The van der Waals surface area contributed by atoms with Crippen molar-refractivity contribution in [3.8, 4) is 22.9 Å². The SMILES string of the molecule is COc1cc2nc(-c3ccc(Cl)cc3)nc(NCCO)c2cc1OC. The van der Waals surface area contributed by atoms with Crippen LogP contribution in [-0.4, -0.2) is 42.4 Å². The van der Waals surface area contributed by atoms with Crippen LogP contribution in [0.2, 0.25) is 5.02 Å². The van der Waals surface area contributed by atoms with Crippen molar-refractivity contribution in [2.75, 3.05) is 32.7 Å². The third kappa shape index (κ3) is 3.60. The van der Waals surface area contributed by atoms with Gasteiger partial charge in [-0.15, -0.1) is 0 Å². The van der Waals surface area contributed by atoms with Crippen molar-refractivity contribution >= 4 is 28.3 Å². The number of aliphatic hydroxyl groups is 1. The molecule has 0 atom stereocenters. The van der Waals surface area contributed by atoms with E-state index in [0.717, 1.165) is 10.9 Å². The molecule has 0 fully saturated rings. The van der Waals surface area contributed by atoms with Gasteiger partial charge in [-0.3, -0.25) is 0 Å². The van der Waals surface area contributed by atoms with E-state index >= 15 is 0 Å². The number of rotatable bonds is 6. The molecule has 25 heavy (non-hydrogen) atoms. The second-order valence-corrected chi connectivity index (χ2v) is 5.71. The molecule has 3 rings (SSSR count). The molecule has 0 spiro atoms. The first-order chi connectivity index (χ1) is 12.2. The fourth-order valence-corrected chi connectivity index (χ4v) is 2.62. The summed E-state index contributed by atoms with van der Waals surface area (Å²) in [6, 6.07) is 10.9. The fourth-order valence-electron chi connectivity index (χ4n) is 2.49. The molecule has 6 nitrogen and oxygen atoms in total. The molecule has 2 N–H and O–H groups in total. The summed E-state index contributed by atoms with van der Waals surface area (Å²) in [4.78, 5) is 9.23. The number of aliphatic hydroxyl groups excluding tert-OH is 1. The van der Waals surface area contributed by atoms with Gasteiger partial charge in [-0.25, -0.2) is 9.97 Å². The van der Waals surface area contributed by atoms with Gasteiger partial charge < -0.3 is 19.9 Å². The first kappa shape index (κ1) is 17.3. The smallest absolute Gasteiger partial charge is 0.162 e. The molecule has 3 aromatic rings. The van der Waals surface area contributed by atoms with Crippen molar-refractivity contribution in [2.24, 2.45) is 0 Å². The van der Waals surface area contributed by atoms with Gasteiger partial charge in [-0.05, 0) is 30.3 Å². The number of ether oxygens (including phenoxy) is 2. The normalized spacial score (nSPS) is 10.7. The highest BCUT2D eigenvalue weighted by molar-refractivity contribution is 6.30. The van der Waals surface area contributed by atoms with E-state index < -0.39 is 0 Å². The number of nitrogens with one attached hydrogen (secondary N) is 1. The van der Waals surface area contributed by atoms with Gasteiger partial charge in [0.05, 0.1) is 26.3 Å². The lowest BCUT2D eigenvalue weighted by Gasteiger charge is -2.13. The summed E-state index contributed by atoms with van der Waals surface area (Å²) in [5, 5.41) is 13.7. The second kappa shape index (κ2) is 7.55. The highest BCUT2D eigenvalue weighted by atomic mass is 35.5. The molecule has 0 aliphatic carbocycles. The summed E-state index contributed by atoms with van der Waals surface area (Å²) >= 11 is 5.96. The van der Waals surface area contributed by atoms with Crippen LogP contribution in [0.3, 0.4) is 0 Å². The third-order valence-electron chi connectivity index (χ3n) is 3.71. The highest BCUT2D eigenvalue weighted by Gasteiger charge is 2.14. The molecular weight excluding hydrogens is 342 g/mol. The molecule has 0 bridgehead atoms. The lowest BCUT2D eigenvalue weighted by atomic mass is 10.1. The van der Waals surface area contributed by atoms with Crippen molar-refractivity contribution in [1.29, 1.82) is 0 Å². The molecule has 0 radical (unpaired) electrons.